The zero-order valence-electron chi connectivity index (χ0n) is 13.7. The van der Waals surface area contributed by atoms with Crippen LogP contribution in [0.3, 0.4) is 0 Å². The summed E-state index contributed by atoms with van der Waals surface area (Å²) >= 11 is 0. The molecule has 0 N–H and O–H groups in total. The maximum Gasteiger partial charge on any atom is -0.00585 e. The third-order valence-electron chi connectivity index (χ3n) is 5.29. The predicted octanol–water partition coefficient (Wildman–Crippen LogP) is 5.82. The van der Waals surface area contributed by atoms with Gasteiger partial charge in [-0.15, -0.1) is 0 Å². The van der Waals surface area contributed by atoms with Gasteiger partial charge in [-0.05, 0) is 46.3 Å². The van der Waals surface area contributed by atoms with E-state index in [9.17, 15) is 0 Å². The molecule has 0 heterocycles. The molecule has 0 spiro atoms. The van der Waals surface area contributed by atoms with E-state index in [1.165, 1.54) is 18.4 Å². The van der Waals surface area contributed by atoms with Crippen LogP contribution in [0.2, 0.25) is 0 Å². The first-order chi connectivity index (χ1) is 9.92. The average Bonchev–Trinajstić information content (AvgIpc) is 2.71. The van der Waals surface area contributed by atoms with Gasteiger partial charge in [0.05, 0.1) is 0 Å². The standard InChI is InChI=1S/C21H26/c1-16-14-21(4,19-13-9-8-12-18(16)19)15-20(2,3)17-10-6-5-7-11-17/h5-13,16H,14-15H2,1-4H3. The van der Waals surface area contributed by atoms with E-state index in [0.717, 1.165) is 0 Å². The molecule has 21 heavy (non-hydrogen) atoms. The van der Waals surface area contributed by atoms with Crippen molar-refractivity contribution in [2.75, 3.05) is 0 Å². The van der Waals surface area contributed by atoms with Gasteiger partial charge in [0.1, 0.15) is 0 Å². The van der Waals surface area contributed by atoms with Gasteiger partial charge < -0.3 is 0 Å². The molecule has 2 aromatic rings. The molecule has 0 aliphatic heterocycles. The Balaban J connectivity index is 1.95. The van der Waals surface area contributed by atoms with Crippen LogP contribution >= 0.6 is 0 Å². The highest BCUT2D eigenvalue weighted by Crippen LogP contribution is 2.51. The third kappa shape index (κ3) is 2.52. The predicted molar refractivity (Wildman–Crippen MR) is 90.9 cm³/mol. The number of hydrogen-bond donors (Lipinski definition) is 0. The number of benzene rings is 2. The maximum absolute atomic E-state index is 2.46. The smallest absolute Gasteiger partial charge is 0.00585 e. The van der Waals surface area contributed by atoms with E-state index < -0.39 is 0 Å². The number of fused-ring (bicyclic) bond motifs is 1. The second-order valence-electron chi connectivity index (χ2n) is 7.68. The van der Waals surface area contributed by atoms with Crippen molar-refractivity contribution < 1.29 is 0 Å². The topological polar surface area (TPSA) is 0 Å². The molecule has 0 bridgehead atoms. The first kappa shape index (κ1) is 14.4. The van der Waals surface area contributed by atoms with Crippen molar-refractivity contribution >= 4 is 0 Å². The Kier molecular flexibility index (Phi) is 3.43. The lowest BCUT2D eigenvalue weighted by Gasteiger charge is -2.36. The van der Waals surface area contributed by atoms with E-state index >= 15 is 0 Å². The number of rotatable bonds is 3. The molecule has 0 nitrogen and oxygen atoms in total. The Hall–Kier alpha value is -1.56. The molecule has 1 aliphatic carbocycles. The van der Waals surface area contributed by atoms with Crippen LogP contribution < -0.4 is 0 Å². The van der Waals surface area contributed by atoms with Crippen LogP contribution in [0.25, 0.3) is 0 Å². The lowest BCUT2D eigenvalue weighted by Crippen LogP contribution is -2.30. The second-order valence-corrected chi connectivity index (χ2v) is 7.68. The summed E-state index contributed by atoms with van der Waals surface area (Å²) in [5.41, 5.74) is 5.07. The molecular weight excluding hydrogens is 252 g/mol. The van der Waals surface area contributed by atoms with Crippen LogP contribution in [0.5, 0.6) is 0 Å². The van der Waals surface area contributed by atoms with Gasteiger partial charge in [0.2, 0.25) is 0 Å². The molecule has 1 aliphatic rings. The molecule has 2 unspecified atom stereocenters. The third-order valence-corrected chi connectivity index (χ3v) is 5.29. The average molecular weight is 278 g/mol. The van der Waals surface area contributed by atoms with Crippen molar-refractivity contribution in [1.82, 2.24) is 0 Å². The van der Waals surface area contributed by atoms with Crippen LogP contribution in [0.15, 0.2) is 54.6 Å². The lowest BCUT2D eigenvalue weighted by molar-refractivity contribution is 0.315. The monoisotopic (exact) mass is 278 g/mol. The summed E-state index contributed by atoms with van der Waals surface area (Å²) in [6.07, 6.45) is 2.47. The van der Waals surface area contributed by atoms with Gasteiger partial charge in [-0.2, -0.15) is 0 Å². The molecule has 0 saturated carbocycles. The highest BCUT2D eigenvalue weighted by atomic mass is 14.5. The van der Waals surface area contributed by atoms with Crippen LogP contribution in [0, 0.1) is 0 Å². The molecule has 110 valence electrons. The van der Waals surface area contributed by atoms with Crippen molar-refractivity contribution in [2.24, 2.45) is 0 Å². The van der Waals surface area contributed by atoms with Crippen LogP contribution in [-0.2, 0) is 10.8 Å². The summed E-state index contributed by atoms with van der Waals surface area (Å²) in [5, 5.41) is 0. The summed E-state index contributed by atoms with van der Waals surface area (Å²) in [5.74, 6) is 0.678. The van der Waals surface area contributed by atoms with Crippen LogP contribution in [-0.4, -0.2) is 0 Å². The molecule has 0 saturated heterocycles. The summed E-state index contributed by atoms with van der Waals surface area (Å²) in [6.45, 7) is 9.61. The van der Waals surface area contributed by atoms with Gasteiger partial charge in [0.25, 0.3) is 0 Å². The minimum atomic E-state index is 0.202. The quantitative estimate of drug-likeness (QED) is 0.663. The van der Waals surface area contributed by atoms with E-state index in [-0.39, 0.29) is 10.8 Å². The zero-order valence-corrected chi connectivity index (χ0v) is 13.7. The Labute approximate surface area is 129 Å². The molecular formula is C21H26. The molecule has 2 aromatic carbocycles. The summed E-state index contributed by atoms with van der Waals surface area (Å²) in [6, 6.07) is 20.0. The fourth-order valence-corrected chi connectivity index (χ4v) is 4.51. The van der Waals surface area contributed by atoms with E-state index in [4.69, 9.17) is 0 Å². The van der Waals surface area contributed by atoms with Crippen molar-refractivity contribution in [1.29, 1.82) is 0 Å². The highest BCUT2D eigenvalue weighted by molar-refractivity contribution is 5.42. The second kappa shape index (κ2) is 5.02. The van der Waals surface area contributed by atoms with Crippen LogP contribution in [0.1, 0.15) is 63.1 Å². The van der Waals surface area contributed by atoms with Crippen LogP contribution in [0.4, 0.5) is 0 Å². The SMILES string of the molecule is CC1CC(C)(CC(C)(C)c2ccccc2)c2ccccc21. The van der Waals surface area contributed by atoms with E-state index in [0.29, 0.717) is 5.92 Å². The molecule has 3 rings (SSSR count). The van der Waals surface area contributed by atoms with Gasteiger partial charge in [-0.25, -0.2) is 0 Å². The van der Waals surface area contributed by atoms with Gasteiger partial charge >= 0.3 is 0 Å². The van der Waals surface area contributed by atoms with Crippen molar-refractivity contribution in [3.8, 4) is 0 Å². The van der Waals surface area contributed by atoms with E-state index in [1.54, 1.807) is 11.1 Å². The molecule has 0 aromatic heterocycles. The zero-order chi connectivity index (χ0) is 15.1. The largest absolute Gasteiger partial charge is 0.0622 e. The fraction of sp³-hybridized carbons (Fsp3) is 0.429. The van der Waals surface area contributed by atoms with Crippen molar-refractivity contribution in [3.05, 3.63) is 71.3 Å². The van der Waals surface area contributed by atoms with E-state index in [1.807, 2.05) is 0 Å². The first-order valence-corrected chi connectivity index (χ1v) is 8.07. The summed E-state index contributed by atoms with van der Waals surface area (Å²) in [7, 11) is 0. The molecule has 0 heteroatoms. The Morgan fingerprint density at radius 3 is 2.33 bits per heavy atom. The van der Waals surface area contributed by atoms with Gasteiger partial charge in [0.15, 0.2) is 0 Å². The number of hydrogen-bond acceptors (Lipinski definition) is 0. The van der Waals surface area contributed by atoms with E-state index in [2.05, 4.69) is 82.3 Å². The first-order valence-electron chi connectivity index (χ1n) is 8.07. The summed E-state index contributed by atoms with van der Waals surface area (Å²) < 4.78 is 0. The Morgan fingerprint density at radius 1 is 1.00 bits per heavy atom. The minimum absolute atomic E-state index is 0.202. The fourth-order valence-electron chi connectivity index (χ4n) is 4.51. The molecule has 2 atom stereocenters. The molecule has 0 radical (unpaired) electrons. The Morgan fingerprint density at radius 2 is 1.62 bits per heavy atom. The summed E-state index contributed by atoms with van der Waals surface area (Å²) in [4.78, 5) is 0. The Bertz CT molecular complexity index is 623. The molecule has 0 fully saturated rings. The highest BCUT2D eigenvalue weighted by Gasteiger charge is 2.41. The van der Waals surface area contributed by atoms with Gasteiger partial charge in [-0.1, -0.05) is 82.3 Å². The molecule has 0 amide bonds. The minimum Gasteiger partial charge on any atom is -0.0622 e. The lowest BCUT2D eigenvalue weighted by atomic mass is 9.68. The van der Waals surface area contributed by atoms with Crippen molar-refractivity contribution in [3.63, 3.8) is 0 Å². The van der Waals surface area contributed by atoms with Gasteiger partial charge in [0, 0.05) is 0 Å². The normalized spacial score (nSPS) is 24.9. The van der Waals surface area contributed by atoms with Gasteiger partial charge in [-0.3, -0.25) is 0 Å². The maximum atomic E-state index is 2.46. The van der Waals surface area contributed by atoms with Crippen molar-refractivity contribution in [2.45, 2.75) is 57.3 Å².